The number of allylic oxidation sites excluding steroid dienone is 8. The first-order valence-corrected chi connectivity index (χ1v) is 8.23. The van der Waals surface area contributed by atoms with Gasteiger partial charge < -0.3 is 0 Å². The van der Waals surface area contributed by atoms with Crippen LogP contribution in [0, 0.1) is 0 Å². The first-order chi connectivity index (χ1) is 9.59. The van der Waals surface area contributed by atoms with E-state index in [-0.39, 0.29) is 0 Å². The summed E-state index contributed by atoms with van der Waals surface area (Å²) in [6.07, 6.45) is 19.6. The summed E-state index contributed by atoms with van der Waals surface area (Å²) in [6.45, 7) is 8.92. The van der Waals surface area contributed by atoms with Crippen LogP contribution >= 0.6 is 0 Å². The monoisotopic (exact) mass is 272 g/mol. The molecule has 0 atom stereocenters. The van der Waals surface area contributed by atoms with Crippen molar-refractivity contribution in [2.75, 3.05) is 0 Å². The fraction of sp³-hybridized carbons (Fsp3) is 0.600. The number of hydrogen-bond acceptors (Lipinski definition) is 0. The third-order valence-corrected chi connectivity index (χ3v) is 4.28. The Morgan fingerprint density at radius 1 is 0.700 bits per heavy atom. The van der Waals surface area contributed by atoms with Gasteiger partial charge in [-0.15, -0.1) is 0 Å². The van der Waals surface area contributed by atoms with Crippen LogP contribution in [0.4, 0.5) is 0 Å². The zero-order chi connectivity index (χ0) is 14.8. The third-order valence-electron chi connectivity index (χ3n) is 4.28. The molecule has 0 aromatic rings. The first-order valence-electron chi connectivity index (χ1n) is 8.23. The van der Waals surface area contributed by atoms with Gasteiger partial charge in [0.1, 0.15) is 0 Å². The van der Waals surface area contributed by atoms with Gasteiger partial charge in [0, 0.05) is 0 Å². The maximum Gasteiger partial charge on any atom is -0.0286 e. The normalized spacial score (nSPS) is 31.0. The molecule has 0 radical (unpaired) electrons. The molecule has 0 unspecified atom stereocenters. The van der Waals surface area contributed by atoms with E-state index in [0.717, 1.165) is 0 Å². The molecule has 0 heterocycles. The van der Waals surface area contributed by atoms with E-state index in [9.17, 15) is 0 Å². The van der Waals surface area contributed by atoms with E-state index in [2.05, 4.69) is 52.0 Å². The fourth-order valence-electron chi connectivity index (χ4n) is 2.51. The summed E-state index contributed by atoms with van der Waals surface area (Å²) in [5.41, 5.74) is 6.16. The largest absolute Gasteiger partial charge is 0.0853 e. The predicted octanol–water partition coefficient (Wildman–Crippen LogP) is 6.91. The van der Waals surface area contributed by atoms with E-state index in [1.165, 1.54) is 56.9 Å². The molecule has 0 nitrogen and oxygen atoms in total. The van der Waals surface area contributed by atoms with Crippen molar-refractivity contribution in [1.82, 2.24) is 0 Å². The molecule has 0 fully saturated rings. The molecule has 2 rings (SSSR count). The zero-order valence-electron chi connectivity index (χ0n) is 14.0. The summed E-state index contributed by atoms with van der Waals surface area (Å²) in [6, 6.07) is 0. The quantitative estimate of drug-likeness (QED) is 0.420. The summed E-state index contributed by atoms with van der Waals surface area (Å²) in [7, 11) is 0. The highest BCUT2D eigenvalue weighted by Crippen LogP contribution is 2.17. The lowest BCUT2D eigenvalue weighted by Crippen LogP contribution is -1.86. The van der Waals surface area contributed by atoms with Crippen molar-refractivity contribution in [2.45, 2.75) is 79.1 Å². The van der Waals surface area contributed by atoms with Gasteiger partial charge in [-0.1, -0.05) is 46.6 Å². The van der Waals surface area contributed by atoms with Gasteiger partial charge in [0.15, 0.2) is 0 Å². The van der Waals surface area contributed by atoms with Gasteiger partial charge in [0.2, 0.25) is 0 Å². The van der Waals surface area contributed by atoms with Crippen molar-refractivity contribution in [1.29, 1.82) is 0 Å². The minimum Gasteiger partial charge on any atom is -0.0853 e. The Labute approximate surface area is 126 Å². The second-order valence-corrected chi connectivity index (χ2v) is 6.29. The van der Waals surface area contributed by atoms with Gasteiger partial charge in [-0.25, -0.2) is 0 Å². The Morgan fingerprint density at radius 2 is 1.30 bits per heavy atom. The summed E-state index contributed by atoms with van der Waals surface area (Å²) in [5, 5.41) is 0. The highest BCUT2D eigenvalue weighted by molar-refractivity contribution is 5.22. The second-order valence-electron chi connectivity index (χ2n) is 6.29. The van der Waals surface area contributed by atoms with Crippen LogP contribution in [0.15, 0.2) is 46.6 Å². The minimum absolute atomic E-state index is 1.24. The zero-order valence-corrected chi connectivity index (χ0v) is 14.0. The number of rotatable bonds is 0. The van der Waals surface area contributed by atoms with E-state index in [4.69, 9.17) is 0 Å². The summed E-state index contributed by atoms with van der Waals surface area (Å²) in [5.74, 6) is 0. The molecule has 0 saturated carbocycles. The Bertz CT molecular complexity index is 382. The Morgan fingerprint density at radius 3 is 1.90 bits per heavy atom. The molecule has 112 valence electrons. The summed E-state index contributed by atoms with van der Waals surface area (Å²) >= 11 is 0. The SMILES string of the molecule is C/C1=C/CC/C=C(/C)CC1.CC1=C(\C)CCCC/C=C\1. The molecule has 2 aliphatic rings. The first kappa shape index (κ1) is 17.0. The second kappa shape index (κ2) is 9.80. The van der Waals surface area contributed by atoms with Crippen LogP contribution in [-0.2, 0) is 0 Å². The molecule has 0 aromatic carbocycles. The highest BCUT2D eigenvalue weighted by atomic mass is 14.0. The topological polar surface area (TPSA) is 0 Å². The van der Waals surface area contributed by atoms with E-state index in [0.29, 0.717) is 0 Å². The third kappa shape index (κ3) is 7.53. The van der Waals surface area contributed by atoms with Crippen molar-refractivity contribution in [3.05, 3.63) is 46.6 Å². The molecule has 0 bridgehead atoms. The van der Waals surface area contributed by atoms with E-state index >= 15 is 0 Å². The molecule has 0 amide bonds. The van der Waals surface area contributed by atoms with Gasteiger partial charge in [-0.05, 0) is 79.1 Å². The Balaban J connectivity index is 0.000000200. The molecule has 0 saturated heterocycles. The van der Waals surface area contributed by atoms with Crippen LogP contribution in [0.2, 0.25) is 0 Å². The standard InChI is InChI=1S/2C10H16/c1-9-5-3-4-6-10(2)8-7-9;1-9-7-5-3-4-6-8-10(9)2/h5-6H,3-4,7-8H2,1-2H3;5,7H,3-4,6,8H2,1-2H3/b9-5-,10-6-;7-5-,10-9-. The van der Waals surface area contributed by atoms with Crippen LogP contribution in [0.3, 0.4) is 0 Å². The molecule has 2 aliphatic carbocycles. The fourth-order valence-corrected chi connectivity index (χ4v) is 2.51. The van der Waals surface area contributed by atoms with Gasteiger partial charge in [0.25, 0.3) is 0 Å². The molecule has 0 N–H and O–H groups in total. The van der Waals surface area contributed by atoms with Gasteiger partial charge in [-0.3, -0.25) is 0 Å². The average molecular weight is 272 g/mol. The molecular formula is C20H32. The van der Waals surface area contributed by atoms with Crippen LogP contribution < -0.4 is 0 Å². The van der Waals surface area contributed by atoms with Crippen molar-refractivity contribution >= 4 is 0 Å². The van der Waals surface area contributed by atoms with E-state index in [1.54, 1.807) is 16.7 Å². The van der Waals surface area contributed by atoms with Crippen molar-refractivity contribution in [3.8, 4) is 0 Å². The van der Waals surface area contributed by atoms with Crippen molar-refractivity contribution in [3.63, 3.8) is 0 Å². The van der Waals surface area contributed by atoms with Gasteiger partial charge in [0.05, 0.1) is 0 Å². The Kier molecular flexibility index (Phi) is 8.34. The molecule has 0 heteroatoms. The highest BCUT2D eigenvalue weighted by Gasteiger charge is 1.97. The number of hydrogen-bond donors (Lipinski definition) is 0. The maximum absolute atomic E-state index is 2.36. The van der Waals surface area contributed by atoms with Crippen LogP contribution in [0.25, 0.3) is 0 Å². The predicted molar refractivity (Wildman–Crippen MR) is 92.0 cm³/mol. The van der Waals surface area contributed by atoms with Crippen LogP contribution in [0.1, 0.15) is 79.1 Å². The maximum atomic E-state index is 2.36. The summed E-state index contributed by atoms with van der Waals surface area (Å²) in [4.78, 5) is 0. The molecular weight excluding hydrogens is 240 g/mol. The minimum atomic E-state index is 1.24. The average Bonchev–Trinajstić information content (AvgIpc) is 2.41. The molecule has 0 aliphatic heterocycles. The smallest absolute Gasteiger partial charge is 0.0286 e. The lowest BCUT2D eigenvalue weighted by atomic mass is 10.0. The molecule has 0 spiro atoms. The van der Waals surface area contributed by atoms with Gasteiger partial charge in [-0.2, -0.15) is 0 Å². The Hall–Kier alpha value is -1.04. The van der Waals surface area contributed by atoms with Crippen LogP contribution in [0.5, 0.6) is 0 Å². The van der Waals surface area contributed by atoms with Crippen molar-refractivity contribution in [2.24, 2.45) is 0 Å². The van der Waals surface area contributed by atoms with Crippen molar-refractivity contribution < 1.29 is 0 Å². The molecule has 0 aromatic heterocycles. The summed E-state index contributed by atoms with van der Waals surface area (Å²) < 4.78 is 0. The molecule has 20 heavy (non-hydrogen) atoms. The van der Waals surface area contributed by atoms with E-state index in [1.807, 2.05) is 0 Å². The van der Waals surface area contributed by atoms with E-state index < -0.39 is 0 Å². The lowest BCUT2D eigenvalue weighted by molar-refractivity contribution is 0.732. The van der Waals surface area contributed by atoms with Gasteiger partial charge >= 0.3 is 0 Å². The van der Waals surface area contributed by atoms with Crippen LogP contribution in [-0.4, -0.2) is 0 Å². The lowest BCUT2D eigenvalue weighted by Gasteiger charge is -2.06.